The summed E-state index contributed by atoms with van der Waals surface area (Å²) >= 11 is 0. The van der Waals surface area contributed by atoms with Gasteiger partial charge in [0.25, 0.3) is 0 Å². The van der Waals surface area contributed by atoms with Crippen LogP contribution in [-0.4, -0.2) is 8.32 Å². The Hall–Kier alpha value is -0.503. The molecule has 0 N–H and O–H groups in total. The van der Waals surface area contributed by atoms with Gasteiger partial charge in [0.1, 0.15) is 0 Å². The lowest BCUT2D eigenvalue weighted by Crippen LogP contribution is -2.57. The second-order valence-electron chi connectivity index (χ2n) is 7.62. The van der Waals surface area contributed by atoms with Crippen molar-refractivity contribution in [3.63, 3.8) is 0 Å². The molecule has 3 aliphatic carbocycles. The Morgan fingerprint density at radius 3 is 2.20 bits per heavy atom. The molecule has 0 spiro atoms. The predicted octanol–water partition coefficient (Wildman–Crippen LogP) is 5.76. The Morgan fingerprint density at radius 1 is 1.25 bits per heavy atom. The van der Waals surface area contributed by atoms with Gasteiger partial charge >= 0.3 is 0 Å². The first kappa shape index (κ1) is 15.9. The van der Waals surface area contributed by atoms with Crippen molar-refractivity contribution in [1.82, 2.24) is 0 Å². The van der Waals surface area contributed by atoms with Gasteiger partial charge < -0.3 is 4.43 Å². The number of allylic oxidation sites excluding steroid dienone is 3. The number of rotatable bonds is 6. The molecule has 1 saturated carbocycles. The van der Waals surface area contributed by atoms with Crippen molar-refractivity contribution in [1.29, 1.82) is 0 Å². The average molecular weight is 293 g/mol. The van der Waals surface area contributed by atoms with Crippen molar-refractivity contribution in [3.8, 4) is 0 Å². The third-order valence-corrected chi connectivity index (χ3v) is 11.1. The average Bonchev–Trinajstić information content (AvgIpc) is 2.44. The minimum absolute atomic E-state index is 0.114. The predicted molar refractivity (Wildman–Crippen MR) is 90.0 cm³/mol. The molecule has 3 atom stereocenters. The summed E-state index contributed by atoms with van der Waals surface area (Å²) in [6.07, 6.45) is 5.83. The SMILES string of the molecule is C=C[C@@]1(C)C=C(O[Si](CC)(CC)CC)C2CC1C2(C)C. The van der Waals surface area contributed by atoms with E-state index in [9.17, 15) is 0 Å². The van der Waals surface area contributed by atoms with Crippen LogP contribution in [0.4, 0.5) is 0 Å². The molecule has 2 heteroatoms. The van der Waals surface area contributed by atoms with Crippen LogP contribution in [0.25, 0.3) is 0 Å². The fraction of sp³-hybridized carbons (Fsp3) is 0.778. The monoisotopic (exact) mass is 292 g/mol. The van der Waals surface area contributed by atoms with E-state index in [2.05, 4.69) is 60.3 Å². The number of hydrogen-bond acceptors (Lipinski definition) is 1. The third-order valence-electron chi connectivity index (χ3n) is 6.52. The molecule has 1 nitrogen and oxygen atoms in total. The van der Waals surface area contributed by atoms with Crippen LogP contribution in [0.2, 0.25) is 18.1 Å². The van der Waals surface area contributed by atoms with Gasteiger partial charge in [-0.05, 0) is 42.0 Å². The molecule has 0 aromatic carbocycles. The Labute approximate surface area is 126 Å². The molecular formula is C18H32OSi. The topological polar surface area (TPSA) is 9.23 Å². The van der Waals surface area contributed by atoms with Crippen molar-refractivity contribution in [2.24, 2.45) is 22.7 Å². The molecule has 3 aliphatic rings. The quantitative estimate of drug-likeness (QED) is 0.446. The summed E-state index contributed by atoms with van der Waals surface area (Å²) in [6, 6.07) is 3.66. The van der Waals surface area contributed by atoms with Crippen molar-refractivity contribution in [2.75, 3.05) is 0 Å². The number of hydrogen-bond donors (Lipinski definition) is 0. The highest BCUT2D eigenvalue weighted by Crippen LogP contribution is 2.66. The minimum atomic E-state index is -1.56. The van der Waals surface area contributed by atoms with E-state index < -0.39 is 8.32 Å². The van der Waals surface area contributed by atoms with E-state index in [0.717, 1.165) is 5.92 Å². The smallest absolute Gasteiger partial charge is 0.250 e. The fourth-order valence-corrected chi connectivity index (χ4v) is 7.12. The molecule has 0 amide bonds. The van der Waals surface area contributed by atoms with E-state index >= 15 is 0 Å². The molecule has 3 rings (SSSR count). The minimum Gasteiger partial charge on any atom is -0.546 e. The third kappa shape index (κ3) is 2.11. The highest BCUT2D eigenvalue weighted by molar-refractivity contribution is 6.73. The van der Waals surface area contributed by atoms with E-state index in [1.165, 1.54) is 30.3 Å². The van der Waals surface area contributed by atoms with Crippen LogP contribution in [0.15, 0.2) is 24.5 Å². The second kappa shape index (κ2) is 5.05. The molecular weight excluding hydrogens is 260 g/mol. The zero-order chi connectivity index (χ0) is 15.2. The molecule has 0 heterocycles. The van der Waals surface area contributed by atoms with Crippen molar-refractivity contribution < 1.29 is 4.43 Å². The van der Waals surface area contributed by atoms with E-state index in [1.807, 2.05) is 0 Å². The first-order valence-corrected chi connectivity index (χ1v) is 10.9. The molecule has 114 valence electrons. The lowest BCUT2D eigenvalue weighted by molar-refractivity contribution is -0.0805. The Balaban J connectivity index is 2.34. The van der Waals surface area contributed by atoms with Gasteiger partial charge in [-0.15, -0.1) is 6.58 Å². The highest BCUT2D eigenvalue weighted by atomic mass is 28.4. The largest absolute Gasteiger partial charge is 0.546 e. The zero-order valence-corrected chi connectivity index (χ0v) is 15.3. The normalized spacial score (nSPS) is 35.0. The van der Waals surface area contributed by atoms with Gasteiger partial charge in [-0.25, -0.2) is 0 Å². The summed E-state index contributed by atoms with van der Waals surface area (Å²) in [7, 11) is -1.56. The Bertz CT molecular complexity index is 411. The summed E-state index contributed by atoms with van der Waals surface area (Å²) < 4.78 is 6.76. The van der Waals surface area contributed by atoms with Gasteiger partial charge in [0, 0.05) is 11.3 Å². The maximum Gasteiger partial charge on any atom is 0.250 e. The summed E-state index contributed by atoms with van der Waals surface area (Å²) in [5.41, 5.74) is 0.478. The van der Waals surface area contributed by atoms with E-state index in [1.54, 1.807) is 0 Å². The molecule has 0 aromatic rings. The molecule has 0 radical (unpaired) electrons. The van der Waals surface area contributed by atoms with E-state index in [-0.39, 0.29) is 5.41 Å². The molecule has 0 saturated heterocycles. The van der Waals surface area contributed by atoms with Crippen LogP contribution >= 0.6 is 0 Å². The lowest BCUT2D eigenvalue weighted by Gasteiger charge is -2.62. The molecule has 1 fully saturated rings. The summed E-state index contributed by atoms with van der Waals surface area (Å²) in [4.78, 5) is 0. The van der Waals surface area contributed by atoms with Gasteiger partial charge in [-0.1, -0.05) is 47.6 Å². The van der Waals surface area contributed by atoms with Crippen LogP contribution < -0.4 is 0 Å². The summed E-state index contributed by atoms with van der Waals surface area (Å²) in [6.45, 7) is 18.2. The molecule has 2 unspecified atom stereocenters. The maximum absolute atomic E-state index is 6.76. The van der Waals surface area contributed by atoms with Crippen molar-refractivity contribution >= 4 is 8.32 Å². The van der Waals surface area contributed by atoms with Crippen molar-refractivity contribution in [2.45, 2.75) is 66.1 Å². The van der Waals surface area contributed by atoms with Gasteiger partial charge in [0.15, 0.2) is 0 Å². The van der Waals surface area contributed by atoms with Crippen LogP contribution in [0.1, 0.15) is 48.0 Å². The molecule has 0 aromatic heterocycles. The lowest BCUT2D eigenvalue weighted by atomic mass is 9.43. The standard InChI is InChI=1S/C18H32OSi/c1-8-18(7)13-15(14-12-16(18)17(14,5)6)19-20(9-2,10-3)11-4/h8,13-14,16H,1,9-12H2,2-7H3/t14?,16?,18-/m0/s1. The summed E-state index contributed by atoms with van der Waals surface area (Å²) in [5.74, 6) is 2.67. The maximum atomic E-state index is 6.76. The Morgan fingerprint density at radius 2 is 1.80 bits per heavy atom. The molecule has 2 bridgehead atoms. The summed E-state index contributed by atoms with van der Waals surface area (Å²) in [5, 5.41) is 0. The van der Waals surface area contributed by atoms with Gasteiger partial charge in [0.2, 0.25) is 8.32 Å². The molecule has 0 aliphatic heterocycles. The fourth-order valence-electron chi connectivity index (χ4n) is 4.49. The number of fused-ring (bicyclic) bond motifs is 1. The van der Waals surface area contributed by atoms with Crippen LogP contribution in [0, 0.1) is 22.7 Å². The van der Waals surface area contributed by atoms with Gasteiger partial charge in [-0.3, -0.25) is 0 Å². The first-order valence-electron chi connectivity index (χ1n) is 8.34. The van der Waals surface area contributed by atoms with Crippen LogP contribution in [0.3, 0.4) is 0 Å². The van der Waals surface area contributed by atoms with Crippen LogP contribution in [-0.2, 0) is 4.43 Å². The van der Waals surface area contributed by atoms with Gasteiger partial charge in [0.05, 0.1) is 5.76 Å². The van der Waals surface area contributed by atoms with E-state index in [0.29, 0.717) is 11.3 Å². The first-order chi connectivity index (χ1) is 9.28. The van der Waals surface area contributed by atoms with Crippen LogP contribution in [0.5, 0.6) is 0 Å². The molecule has 20 heavy (non-hydrogen) atoms. The van der Waals surface area contributed by atoms with Crippen molar-refractivity contribution in [3.05, 3.63) is 24.5 Å². The van der Waals surface area contributed by atoms with Gasteiger partial charge in [-0.2, -0.15) is 0 Å². The second-order valence-corrected chi connectivity index (χ2v) is 12.3. The Kier molecular flexibility index (Phi) is 4.01. The van der Waals surface area contributed by atoms with E-state index in [4.69, 9.17) is 4.43 Å². The zero-order valence-electron chi connectivity index (χ0n) is 14.3. The highest BCUT2D eigenvalue weighted by Gasteiger charge is 2.60.